The molecule has 298 valence electrons. The van der Waals surface area contributed by atoms with E-state index in [2.05, 4.69) is 0 Å². The highest BCUT2D eigenvalue weighted by Gasteiger charge is 2.49. The lowest BCUT2D eigenvalue weighted by molar-refractivity contribution is -0.318. The fourth-order valence-electron chi connectivity index (χ4n) is 6.20. The minimum absolute atomic E-state index is 0.0696. The van der Waals surface area contributed by atoms with E-state index in [1.165, 1.54) is 13.0 Å². The van der Waals surface area contributed by atoms with Crippen LogP contribution in [-0.4, -0.2) is 177 Å². The highest BCUT2D eigenvalue weighted by molar-refractivity contribution is 5.89. The van der Waals surface area contributed by atoms with Gasteiger partial charge in [-0.2, -0.15) is 0 Å². The van der Waals surface area contributed by atoms with Crippen molar-refractivity contribution in [2.75, 3.05) is 13.2 Å². The molecular weight excluding hydrogens is 732 g/mol. The predicted octanol–water partition coefficient (Wildman–Crippen LogP) is -3.59. The maximum Gasteiger partial charge on any atom is 0.402 e. The van der Waals surface area contributed by atoms with Crippen molar-refractivity contribution in [2.45, 2.75) is 99.0 Å². The lowest BCUT2D eigenvalue weighted by Gasteiger charge is -2.42. The van der Waals surface area contributed by atoms with Gasteiger partial charge in [-0.25, -0.2) is 4.42 Å². The summed E-state index contributed by atoms with van der Waals surface area (Å²) in [4.78, 5) is 0. The third-order valence-corrected chi connectivity index (χ3v) is 9.37. The van der Waals surface area contributed by atoms with Gasteiger partial charge in [0.2, 0.25) is 18.3 Å². The van der Waals surface area contributed by atoms with E-state index >= 15 is 0 Å². The molecular formula is C33H41O21+. The van der Waals surface area contributed by atoms with Crippen LogP contribution in [0.4, 0.5) is 0 Å². The van der Waals surface area contributed by atoms with Crippen LogP contribution in [0.5, 0.6) is 34.5 Å². The van der Waals surface area contributed by atoms with E-state index in [9.17, 15) is 71.5 Å². The number of benzene rings is 2. The van der Waals surface area contributed by atoms with Crippen molar-refractivity contribution in [3.8, 4) is 45.8 Å². The molecule has 0 amide bonds. The number of ether oxygens (including phenoxy) is 6. The molecule has 0 bridgehead atoms. The Morgan fingerprint density at radius 2 is 1.13 bits per heavy atom. The Bertz CT molecular complexity index is 1770. The van der Waals surface area contributed by atoms with E-state index in [1.54, 1.807) is 0 Å². The van der Waals surface area contributed by atoms with Crippen LogP contribution in [0, 0.1) is 0 Å². The molecule has 3 aliphatic rings. The zero-order valence-electron chi connectivity index (χ0n) is 28.1. The van der Waals surface area contributed by atoms with Gasteiger partial charge in [-0.3, -0.25) is 0 Å². The first-order chi connectivity index (χ1) is 25.5. The van der Waals surface area contributed by atoms with Crippen molar-refractivity contribution in [1.82, 2.24) is 0 Å². The van der Waals surface area contributed by atoms with Gasteiger partial charge in [0.1, 0.15) is 84.0 Å². The molecule has 0 aliphatic carbocycles. The van der Waals surface area contributed by atoms with Crippen molar-refractivity contribution < 1.29 is 104 Å². The molecule has 21 heteroatoms. The molecule has 3 saturated heterocycles. The van der Waals surface area contributed by atoms with Gasteiger partial charge in [0.15, 0.2) is 23.5 Å². The summed E-state index contributed by atoms with van der Waals surface area (Å²) in [5.74, 6) is -4.04. The second kappa shape index (κ2) is 15.7. The van der Waals surface area contributed by atoms with Crippen LogP contribution < -0.4 is 9.47 Å². The van der Waals surface area contributed by atoms with Crippen LogP contribution in [0.25, 0.3) is 22.3 Å². The number of hydrogen-bond donors (Lipinski definition) is 14. The maximum absolute atomic E-state index is 10.9. The molecule has 2 aromatic carbocycles. The van der Waals surface area contributed by atoms with Gasteiger partial charge in [-0.15, -0.1) is 0 Å². The molecule has 1 aromatic heterocycles. The van der Waals surface area contributed by atoms with Gasteiger partial charge >= 0.3 is 11.3 Å². The Morgan fingerprint density at radius 1 is 0.593 bits per heavy atom. The van der Waals surface area contributed by atoms with Crippen LogP contribution in [-0.2, 0) is 18.9 Å². The fourth-order valence-corrected chi connectivity index (χ4v) is 6.20. The van der Waals surface area contributed by atoms with Crippen molar-refractivity contribution in [3.05, 3.63) is 30.3 Å². The molecule has 4 heterocycles. The molecule has 15 atom stereocenters. The SMILES string of the molecule is C[C@H]1O[C@@H](OC[C@H]2O[C@@H](Oc3cc4c(O[C@@H]5O[C@@H](CO)[C@@H](O)[C@H](O)[C@H]5O)cc(O)cc4[o+]c3-c3cc(O)c(O)c(O)c3)[C@H](O)[C@H](O)[C@@H]2O)[C@H](O)[C@@H](O)[C@H]1O. The molecule has 6 rings (SSSR count). The Labute approximate surface area is 303 Å². The van der Waals surface area contributed by atoms with E-state index in [4.69, 9.17) is 32.8 Å². The third kappa shape index (κ3) is 7.52. The predicted molar refractivity (Wildman–Crippen MR) is 173 cm³/mol. The Balaban J connectivity index is 1.36. The third-order valence-electron chi connectivity index (χ3n) is 9.37. The normalized spacial score (nSPS) is 37.3. The summed E-state index contributed by atoms with van der Waals surface area (Å²) in [6, 6.07) is 5.22. The van der Waals surface area contributed by atoms with Crippen molar-refractivity contribution in [3.63, 3.8) is 0 Å². The molecule has 14 N–H and O–H groups in total. The van der Waals surface area contributed by atoms with E-state index in [-0.39, 0.29) is 28.0 Å². The summed E-state index contributed by atoms with van der Waals surface area (Å²) in [6.45, 7) is 0.00397. The highest BCUT2D eigenvalue weighted by atomic mass is 16.7. The van der Waals surface area contributed by atoms with E-state index < -0.39 is 134 Å². The van der Waals surface area contributed by atoms with Gasteiger partial charge in [-0.1, -0.05) is 0 Å². The van der Waals surface area contributed by atoms with Gasteiger partial charge < -0.3 is 99.9 Å². The highest BCUT2D eigenvalue weighted by Crippen LogP contribution is 2.45. The summed E-state index contributed by atoms with van der Waals surface area (Å²) in [5, 5.41) is 144. The number of aliphatic hydroxyl groups excluding tert-OH is 10. The largest absolute Gasteiger partial charge is 0.507 e. The molecule has 3 aromatic rings. The lowest BCUT2D eigenvalue weighted by atomic mass is 9.98. The minimum Gasteiger partial charge on any atom is -0.507 e. The smallest absolute Gasteiger partial charge is 0.402 e. The standard InChI is InChI=1S/C33H40O21/c1-9-20(38)24(42)27(45)31(49-9)48-8-19-23(41)26(44)29(47)33(54-19)52-17-6-12-15(50-30(17)10-2-13(36)21(39)14(37)3-10)4-11(35)5-16(12)51-32-28(46)25(43)22(40)18(7-34)53-32/h2-6,9,18-20,22-29,31-34,38,40-47H,7-8H2,1H3,(H3-,35,36,37,39)/p+1/t9-,18+,19-,20+,22-,23-,24+,25+,26-,27-,28-,29-,31-,32-,33-/m1/s1. The van der Waals surface area contributed by atoms with Crippen LogP contribution >= 0.6 is 0 Å². The fraction of sp³-hybridized carbons (Fsp3) is 0.545. The maximum atomic E-state index is 10.9. The van der Waals surface area contributed by atoms with Crippen LogP contribution in [0.1, 0.15) is 6.92 Å². The van der Waals surface area contributed by atoms with E-state index in [0.29, 0.717) is 0 Å². The molecule has 54 heavy (non-hydrogen) atoms. The number of phenols is 4. The Hall–Kier alpha value is -3.91. The average molecular weight is 774 g/mol. The van der Waals surface area contributed by atoms with Crippen molar-refractivity contribution in [2.24, 2.45) is 0 Å². The molecule has 0 saturated carbocycles. The van der Waals surface area contributed by atoms with Gasteiger partial charge in [0.25, 0.3) is 0 Å². The monoisotopic (exact) mass is 773 g/mol. The van der Waals surface area contributed by atoms with Gasteiger partial charge in [0, 0.05) is 24.3 Å². The summed E-state index contributed by atoms with van der Waals surface area (Å²) < 4.78 is 39.8. The quantitative estimate of drug-likeness (QED) is 0.0738. The first kappa shape index (κ1) is 39.8. The summed E-state index contributed by atoms with van der Waals surface area (Å²) in [5.41, 5.74) is -0.355. The number of hydrogen-bond acceptors (Lipinski definition) is 20. The lowest BCUT2D eigenvalue weighted by Crippen LogP contribution is -2.61. The number of fused-ring (bicyclic) bond motifs is 1. The van der Waals surface area contributed by atoms with Gasteiger partial charge in [-0.05, 0) is 6.92 Å². The van der Waals surface area contributed by atoms with Crippen LogP contribution in [0.15, 0.2) is 34.7 Å². The first-order valence-electron chi connectivity index (χ1n) is 16.5. The molecule has 3 aliphatic heterocycles. The Morgan fingerprint density at radius 3 is 1.74 bits per heavy atom. The zero-order chi connectivity index (χ0) is 39.3. The second-order valence-corrected chi connectivity index (χ2v) is 13.1. The second-order valence-electron chi connectivity index (χ2n) is 13.1. The summed E-state index contributed by atoms with van der Waals surface area (Å²) >= 11 is 0. The molecule has 0 spiro atoms. The molecule has 3 fully saturated rings. The summed E-state index contributed by atoms with van der Waals surface area (Å²) in [6.07, 6.45) is -24.9. The summed E-state index contributed by atoms with van der Waals surface area (Å²) in [7, 11) is 0. The first-order valence-corrected chi connectivity index (χ1v) is 16.5. The topological polar surface area (TPSA) is 350 Å². The average Bonchev–Trinajstić information content (AvgIpc) is 3.14. The van der Waals surface area contributed by atoms with Crippen molar-refractivity contribution >= 4 is 11.0 Å². The van der Waals surface area contributed by atoms with Crippen LogP contribution in [0.2, 0.25) is 0 Å². The Kier molecular flexibility index (Phi) is 11.5. The molecule has 0 unspecified atom stereocenters. The number of rotatable bonds is 9. The van der Waals surface area contributed by atoms with E-state index in [1.807, 2.05) is 0 Å². The molecule has 21 nitrogen and oxygen atoms in total. The van der Waals surface area contributed by atoms with Crippen molar-refractivity contribution in [1.29, 1.82) is 0 Å². The number of aliphatic hydroxyl groups is 10. The number of aromatic hydroxyl groups is 4. The zero-order valence-corrected chi connectivity index (χ0v) is 28.1. The molecule has 0 radical (unpaired) electrons. The minimum atomic E-state index is -1.99. The van der Waals surface area contributed by atoms with Gasteiger partial charge in [0.05, 0.1) is 30.9 Å². The number of phenolic OH excluding ortho intramolecular Hbond substituents is 4. The van der Waals surface area contributed by atoms with E-state index in [0.717, 1.165) is 24.3 Å². The van der Waals surface area contributed by atoms with Crippen LogP contribution in [0.3, 0.4) is 0 Å².